The van der Waals surface area contributed by atoms with Gasteiger partial charge in [-0.2, -0.15) is 0 Å². The summed E-state index contributed by atoms with van der Waals surface area (Å²) in [5, 5.41) is 17.8. The highest BCUT2D eigenvalue weighted by molar-refractivity contribution is 6.33. The molecule has 108 valence electrons. The average Bonchev–Trinajstić information content (AvgIpc) is 2.88. The van der Waals surface area contributed by atoms with Gasteiger partial charge in [-0.15, -0.1) is 0 Å². The maximum Gasteiger partial charge on any atom is 0.319 e. The third-order valence-electron chi connectivity index (χ3n) is 3.45. The molecule has 1 aromatic carbocycles. The van der Waals surface area contributed by atoms with E-state index in [1.165, 1.54) is 0 Å². The Kier molecular flexibility index (Phi) is 4.68. The summed E-state index contributed by atoms with van der Waals surface area (Å²) in [7, 11) is 0. The molecule has 1 aromatic rings. The Labute approximate surface area is 122 Å². The molecular formula is C13H17ClN4O2. The number of amides is 2. The van der Waals surface area contributed by atoms with Crippen LogP contribution in [0.5, 0.6) is 0 Å². The van der Waals surface area contributed by atoms with Gasteiger partial charge < -0.3 is 21.6 Å². The Morgan fingerprint density at radius 1 is 1.40 bits per heavy atom. The molecule has 2 rings (SSSR count). The average molecular weight is 297 g/mol. The number of nitrogens with zero attached hydrogens (tertiary/aromatic N) is 1. The minimum Gasteiger partial charge on any atom is -0.409 e. The summed E-state index contributed by atoms with van der Waals surface area (Å²) in [5.41, 5.74) is 6.17. The molecule has 0 heterocycles. The van der Waals surface area contributed by atoms with E-state index in [4.69, 9.17) is 22.5 Å². The predicted molar refractivity (Wildman–Crippen MR) is 78.1 cm³/mol. The van der Waals surface area contributed by atoms with E-state index < -0.39 is 0 Å². The Hall–Kier alpha value is -1.95. The molecule has 1 aliphatic rings. The quantitative estimate of drug-likeness (QED) is 0.298. The molecule has 0 spiro atoms. The largest absolute Gasteiger partial charge is 0.409 e. The van der Waals surface area contributed by atoms with E-state index in [1.807, 2.05) is 0 Å². The molecule has 1 fully saturated rings. The van der Waals surface area contributed by atoms with Gasteiger partial charge in [0.15, 0.2) is 0 Å². The van der Waals surface area contributed by atoms with Gasteiger partial charge in [-0.25, -0.2) is 4.79 Å². The number of carbonyl (C=O) groups excluding carboxylic acids is 1. The summed E-state index contributed by atoms with van der Waals surface area (Å²) in [5.74, 6) is 0.0301. The molecule has 0 bridgehead atoms. The normalized spacial score (nSPS) is 22.6. The molecule has 20 heavy (non-hydrogen) atoms. The molecule has 7 heteroatoms. The Morgan fingerprint density at radius 2 is 2.15 bits per heavy atom. The van der Waals surface area contributed by atoms with E-state index in [-0.39, 0.29) is 23.8 Å². The first-order valence-corrected chi connectivity index (χ1v) is 6.79. The number of hydrogen-bond acceptors (Lipinski definition) is 3. The number of nitrogens with two attached hydrogens (primary N) is 1. The van der Waals surface area contributed by atoms with Gasteiger partial charge in [0.2, 0.25) is 0 Å². The second-order valence-electron chi connectivity index (χ2n) is 4.75. The van der Waals surface area contributed by atoms with Crippen LogP contribution >= 0.6 is 11.6 Å². The zero-order valence-corrected chi connectivity index (χ0v) is 11.6. The van der Waals surface area contributed by atoms with E-state index >= 15 is 0 Å². The van der Waals surface area contributed by atoms with Crippen molar-refractivity contribution in [1.29, 1.82) is 0 Å². The third kappa shape index (κ3) is 3.33. The molecule has 2 atom stereocenters. The molecule has 0 radical (unpaired) electrons. The maximum absolute atomic E-state index is 12.0. The number of amidine groups is 1. The fourth-order valence-electron chi connectivity index (χ4n) is 2.45. The second kappa shape index (κ2) is 6.47. The first kappa shape index (κ1) is 14.5. The van der Waals surface area contributed by atoms with Crippen molar-refractivity contribution in [3.05, 3.63) is 29.3 Å². The van der Waals surface area contributed by atoms with E-state index in [2.05, 4.69) is 15.8 Å². The molecule has 1 aliphatic carbocycles. The second-order valence-corrected chi connectivity index (χ2v) is 5.15. The van der Waals surface area contributed by atoms with Crippen LogP contribution < -0.4 is 16.4 Å². The fourth-order valence-corrected chi connectivity index (χ4v) is 2.63. The molecule has 0 aliphatic heterocycles. The van der Waals surface area contributed by atoms with E-state index in [0.29, 0.717) is 10.7 Å². The van der Waals surface area contributed by atoms with Crippen molar-refractivity contribution in [2.75, 3.05) is 5.32 Å². The van der Waals surface area contributed by atoms with Gasteiger partial charge in [0, 0.05) is 12.0 Å². The number of benzene rings is 1. The Balaban J connectivity index is 1.96. The summed E-state index contributed by atoms with van der Waals surface area (Å²) in [6.07, 6.45) is 2.53. The first-order chi connectivity index (χ1) is 9.61. The van der Waals surface area contributed by atoms with Crippen LogP contribution in [-0.2, 0) is 0 Å². The van der Waals surface area contributed by atoms with E-state index in [0.717, 1.165) is 19.3 Å². The lowest BCUT2D eigenvalue weighted by Crippen LogP contribution is -2.44. The monoisotopic (exact) mass is 296 g/mol. The molecule has 0 aromatic heterocycles. The van der Waals surface area contributed by atoms with E-state index in [9.17, 15) is 4.79 Å². The van der Waals surface area contributed by atoms with Crippen LogP contribution in [0.2, 0.25) is 5.02 Å². The molecule has 1 saturated carbocycles. The van der Waals surface area contributed by atoms with Crippen molar-refractivity contribution in [3.8, 4) is 0 Å². The van der Waals surface area contributed by atoms with Crippen LogP contribution in [0.25, 0.3) is 0 Å². The van der Waals surface area contributed by atoms with Crippen LogP contribution in [0.1, 0.15) is 19.3 Å². The van der Waals surface area contributed by atoms with Gasteiger partial charge in [-0.05, 0) is 25.0 Å². The van der Waals surface area contributed by atoms with Gasteiger partial charge in [-0.1, -0.05) is 35.3 Å². The summed E-state index contributed by atoms with van der Waals surface area (Å²) >= 11 is 5.97. The predicted octanol–water partition coefficient (Wildman–Crippen LogP) is 2.38. The molecule has 6 nitrogen and oxygen atoms in total. The highest BCUT2D eigenvalue weighted by atomic mass is 35.5. The van der Waals surface area contributed by atoms with E-state index in [1.54, 1.807) is 24.3 Å². The van der Waals surface area contributed by atoms with Gasteiger partial charge in [0.25, 0.3) is 0 Å². The lowest BCUT2D eigenvalue weighted by Gasteiger charge is -2.20. The lowest BCUT2D eigenvalue weighted by atomic mass is 10.0. The van der Waals surface area contributed by atoms with Gasteiger partial charge in [0.1, 0.15) is 5.84 Å². The number of nitrogens with one attached hydrogen (secondary N) is 2. The number of rotatable bonds is 3. The Bertz CT molecular complexity index is 521. The zero-order valence-electron chi connectivity index (χ0n) is 10.8. The number of oxime groups is 1. The smallest absolute Gasteiger partial charge is 0.319 e. The standard InChI is InChI=1S/C13H17ClN4O2/c14-9-5-1-2-6-11(9)17-13(19)16-10-7-3-4-8(10)12(15)18-20/h1-2,5-6,8,10,20H,3-4,7H2,(H2,15,18)(H2,16,17,19). The van der Waals surface area contributed by atoms with Crippen molar-refractivity contribution in [2.45, 2.75) is 25.3 Å². The number of urea groups is 1. The number of para-hydroxylation sites is 1. The van der Waals surface area contributed by atoms with Crippen molar-refractivity contribution in [1.82, 2.24) is 5.32 Å². The number of hydrogen-bond donors (Lipinski definition) is 4. The van der Waals surface area contributed by atoms with Gasteiger partial charge in [-0.3, -0.25) is 0 Å². The summed E-state index contributed by atoms with van der Waals surface area (Å²) in [6, 6.07) is 6.52. The third-order valence-corrected chi connectivity index (χ3v) is 3.78. The van der Waals surface area contributed by atoms with Crippen molar-refractivity contribution in [3.63, 3.8) is 0 Å². The summed E-state index contributed by atoms with van der Waals surface area (Å²) in [6.45, 7) is 0. The highest BCUT2D eigenvalue weighted by Gasteiger charge is 2.31. The zero-order chi connectivity index (χ0) is 14.5. The molecule has 2 amide bonds. The molecular weight excluding hydrogens is 280 g/mol. The molecule has 2 unspecified atom stereocenters. The number of carbonyl (C=O) groups is 1. The van der Waals surface area contributed by atoms with Gasteiger partial charge >= 0.3 is 6.03 Å². The topological polar surface area (TPSA) is 99.7 Å². The first-order valence-electron chi connectivity index (χ1n) is 6.41. The maximum atomic E-state index is 12.0. The van der Waals surface area contributed by atoms with Crippen LogP contribution in [0.3, 0.4) is 0 Å². The fraction of sp³-hybridized carbons (Fsp3) is 0.385. The Morgan fingerprint density at radius 3 is 2.85 bits per heavy atom. The summed E-state index contributed by atoms with van der Waals surface area (Å²) in [4.78, 5) is 12.0. The number of halogens is 1. The van der Waals surface area contributed by atoms with Crippen LogP contribution in [0.15, 0.2) is 29.4 Å². The SMILES string of the molecule is NC(=NO)C1CCCC1NC(=O)Nc1ccccc1Cl. The lowest BCUT2D eigenvalue weighted by molar-refractivity contribution is 0.247. The van der Waals surface area contributed by atoms with Crippen molar-refractivity contribution >= 4 is 29.2 Å². The minimum absolute atomic E-state index is 0.128. The van der Waals surface area contributed by atoms with Crippen LogP contribution in [-0.4, -0.2) is 23.1 Å². The number of anilines is 1. The van der Waals surface area contributed by atoms with Crippen molar-refractivity contribution < 1.29 is 10.0 Å². The van der Waals surface area contributed by atoms with Crippen LogP contribution in [0.4, 0.5) is 10.5 Å². The van der Waals surface area contributed by atoms with Gasteiger partial charge in [0.05, 0.1) is 10.7 Å². The summed E-state index contributed by atoms with van der Waals surface area (Å²) < 4.78 is 0. The van der Waals surface area contributed by atoms with Crippen LogP contribution in [0, 0.1) is 5.92 Å². The molecule has 0 saturated heterocycles. The van der Waals surface area contributed by atoms with Crippen molar-refractivity contribution in [2.24, 2.45) is 16.8 Å². The minimum atomic E-state index is -0.347. The highest BCUT2D eigenvalue weighted by Crippen LogP contribution is 2.26. The molecule has 5 N–H and O–H groups in total.